The van der Waals surface area contributed by atoms with Gasteiger partial charge in [0.15, 0.2) is 0 Å². The van der Waals surface area contributed by atoms with E-state index < -0.39 is 0 Å². The number of carbonyl (C=O) groups is 1. The van der Waals surface area contributed by atoms with E-state index in [0.29, 0.717) is 5.02 Å². The van der Waals surface area contributed by atoms with Gasteiger partial charge in [-0.25, -0.2) is 0 Å². The summed E-state index contributed by atoms with van der Waals surface area (Å²) >= 11 is 6.13. The predicted molar refractivity (Wildman–Crippen MR) is 83.1 cm³/mol. The number of aromatic nitrogens is 1. The highest BCUT2D eigenvalue weighted by Crippen LogP contribution is 2.27. The van der Waals surface area contributed by atoms with E-state index in [1.165, 1.54) is 0 Å². The molecule has 0 aliphatic rings. The van der Waals surface area contributed by atoms with Crippen molar-refractivity contribution in [3.05, 3.63) is 35.5 Å². The van der Waals surface area contributed by atoms with Crippen LogP contribution in [0.1, 0.15) is 20.3 Å². The first-order valence-electron chi connectivity index (χ1n) is 6.68. The number of hydrogen-bond acceptors (Lipinski definition) is 3. The Morgan fingerprint density at radius 1 is 1.40 bits per heavy atom. The van der Waals surface area contributed by atoms with Crippen molar-refractivity contribution < 1.29 is 4.79 Å². The number of nitrogens with zero attached hydrogens (tertiary/aromatic N) is 1. The summed E-state index contributed by atoms with van der Waals surface area (Å²) in [7, 11) is 0. The van der Waals surface area contributed by atoms with E-state index in [4.69, 9.17) is 11.6 Å². The second-order valence-electron chi connectivity index (χ2n) is 4.72. The van der Waals surface area contributed by atoms with Crippen LogP contribution in [0.5, 0.6) is 0 Å². The third kappa shape index (κ3) is 3.39. The SMILES string of the molecule is CCC(C)NC(=O)CNc1ccc(Cl)c2cccnc12. The number of hydrogen-bond donors (Lipinski definition) is 2. The summed E-state index contributed by atoms with van der Waals surface area (Å²) in [5.41, 5.74) is 1.58. The maximum atomic E-state index is 11.8. The average molecular weight is 292 g/mol. The molecule has 0 aliphatic carbocycles. The number of fused-ring (bicyclic) bond motifs is 1. The monoisotopic (exact) mass is 291 g/mol. The van der Waals surface area contributed by atoms with Gasteiger partial charge >= 0.3 is 0 Å². The summed E-state index contributed by atoms with van der Waals surface area (Å²) in [6.07, 6.45) is 2.63. The van der Waals surface area contributed by atoms with Gasteiger partial charge in [0.1, 0.15) is 0 Å². The number of carbonyl (C=O) groups excluding carboxylic acids is 1. The van der Waals surface area contributed by atoms with Gasteiger partial charge < -0.3 is 10.6 Å². The van der Waals surface area contributed by atoms with Crippen LogP contribution < -0.4 is 10.6 Å². The zero-order valence-electron chi connectivity index (χ0n) is 11.6. The highest BCUT2D eigenvalue weighted by Gasteiger charge is 2.08. The number of benzene rings is 1. The van der Waals surface area contributed by atoms with Crippen molar-refractivity contribution >= 4 is 34.1 Å². The van der Waals surface area contributed by atoms with Crippen LogP contribution in [-0.2, 0) is 4.79 Å². The van der Waals surface area contributed by atoms with Crippen molar-refractivity contribution in [2.45, 2.75) is 26.3 Å². The molecule has 5 heteroatoms. The van der Waals surface area contributed by atoms with Crippen molar-refractivity contribution in [2.75, 3.05) is 11.9 Å². The molecule has 2 N–H and O–H groups in total. The lowest BCUT2D eigenvalue weighted by molar-refractivity contribution is -0.120. The minimum Gasteiger partial charge on any atom is -0.374 e. The van der Waals surface area contributed by atoms with E-state index in [-0.39, 0.29) is 18.5 Å². The van der Waals surface area contributed by atoms with E-state index in [2.05, 4.69) is 15.6 Å². The first-order valence-corrected chi connectivity index (χ1v) is 7.06. The van der Waals surface area contributed by atoms with Gasteiger partial charge in [-0.05, 0) is 37.6 Å². The molecule has 106 valence electrons. The van der Waals surface area contributed by atoms with Gasteiger partial charge in [-0.2, -0.15) is 0 Å². The van der Waals surface area contributed by atoms with Gasteiger partial charge in [0.05, 0.1) is 22.8 Å². The molecule has 0 radical (unpaired) electrons. The lowest BCUT2D eigenvalue weighted by Gasteiger charge is -2.13. The first kappa shape index (κ1) is 14.6. The quantitative estimate of drug-likeness (QED) is 0.889. The molecule has 1 amide bonds. The molecule has 4 nitrogen and oxygen atoms in total. The second kappa shape index (κ2) is 6.57. The van der Waals surface area contributed by atoms with Crippen molar-refractivity contribution in [3.63, 3.8) is 0 Å². The van der Waals surface area contributed by atoms with Gasteiger partial charge in [-0.15, -0.1) is 0 Å². The molecule has 0 bridgehead atoms. The Morgan fingerprint density at radius 2 is 2.20 bits per heavy atom. The summed E-state index contributed by atoms with van der Waals surface area (Å²) < 4.78 is 0. The number of rotatable bonds is 5. The van der Waals surface area contributed by atoms with Gasteiger partial charge in [-0.3, -0.25) is 9.78 Å². The molecule has 1 unspecified atom stereocenters. The summed E-state index contributed by atoms with van der Waals surface area (Å²) in [6.45, 7) is 4.24. The van der Waals surface area contributed by atoms with Crippen molar-refractivity contribution in [1.82, 2.24) is 10.3 Å². The molecule has 0 saturated heterocycles. The predicted octanol–water partition coefficient (Wildman–Crippen LogP) is 3.21. The van der Waals surface area contributed by atoms with Crippen LogP contribution in [0.15, 0.2) is 30.5 Å². The maximum Gasteiger partial charge on any atom is 0.239 e. The van der Waals surface area contributed by atoms with Gasteiger partial charge in [0, 0.05) is 17.6 Å². The molecular weight excluding hydrogens is 274 g/mol. The van der Waals surface area contributed by atoms with Crippen LogP contribution in [0.3, 0.4) is 0 Å². The van der Waals surface area contributed by atoms with E-state index in [0.717, 1.165) is 23.0 Å². The fourth-order valence-electron chi connectivity index (χ4n) is 1.88. The Labute approximate surface area is 123 Å². The number of halogens is 1. The van der Waals surface area contributed by atoms with Gasteiger partial charge in [-0.1, -0.05) is 18.5 Å². The van der Waals surface area contributed by atoms with Crippen LogP contribution in [0.4, 0.5) is 5.69 Å². The molecule has 2 aromatic rings. The number of nitrogens with one attached hydrogen (secondary N) is 2. The molecule has 0 saturated carbocycles. The third-order valence-corrected chi connectivity index (χ3v) is 3.51. The Bertz CT molecular complexity index is 615. The standard InChI is InChI=1S/C15H18ClN3O/c1-3-10(2)19-14(20)9-18-13-7-6-12(16)11-5-4-8-17-15(11)13/h4-8,10,18H,3,9H2,1-2H3,(H,19,20). The molecule has 2 rings (SSSR count). The number of pyridine rings is 1. The smallest absolute Gasteiger partial charge is 0.239 e. The fourth-order valence-corrected chi connectivity index (χ4v) is 2.10. The molecule has 0 aliphatic heterocycles. The van der Waals surface area contributed by atoms with Crippen LogP contribution in [0.2, 0.25) is 5.02 Å². The summed E-state index contributed by atoms with van der Waals surface area (Å²) in [4.78, 5) is 16.1. The third-order valence-electron chi connectivity index (χ3n) is 3.18. The summed E-state index contributed by atoms with van der Waals surface area (Å²) in [6, 6.07) is 7.58. The Morgan fingerprint density at radius 3 is 2.95 bits per heavy atom. The minimum absolute atomic E-state index is 0.0293. The molecule has 0 fully saturated rings. The van der Waals surface area contributed by atoms with Crippen molar-refractivity contribution in [1.29, 1.82) is 0 Å². The normalized spacial score (nSPS) is 12.2. The summed E-state index contributed by atoms with van der Waals surface area (Å²) in [5, 5.41) is 7.55. The minimum atomic E-state index is -0.0293. The van der Waals surface area contributed by atoms with Crippen LogP contribution >= 0.6 is 11.6 Å². The Hall–Kier alpha value is -1.81. The van der Waals surface area contributed by atoms with Gasteiger partial charge in [0.25, 0.3) is 0 Å². The molecule has 0 spiro atoms. The maximum absolute atomic E-state index is 11.8. The molecule has 1 heterocycles. The largest absolute Gasteiger partial charge is 0.374 e. The Kier molecular flexibility index (Phi) is 4.79. The van der Waals surface area contributed by atoms with E-state index in [9.17, 15) is 4.79 Å². The van der Waals surface area contributed by atoms with Crippen LogP contribution in [-0.4, -0.2) is 23.5 Å². The van der Waals surface area contributed by atoms with Gasteiger partial charge in [0.2, 0.25) is 5.91 Å². The Balaban J connectivity index is 2.11. The molecular formula is C15H18ClN3O. The lowest BCUT2D eigenvalue weighted by atomic mass is 10.2. The van der Waals surface area contributed by atoms with E-state index in [1.54, 1.807) is 12.3 Å². The number of anilines is 1. The molecule has 1 aromatic carbocycles. The zero-order chi connectivity index (χ0) is 14.5. The zero-order valence-corrected chi connectivity index (χ0v) is 12.4. The van der Waals surface area contributed by atoms with E-state index in [1.807, 2.05) is 32.0 Å². The highest BCUT2D eigenvalue weighted by atomic mass is 35.5. The highest BCUT2D eigenvalue weighted by molar-refractivity contribution is 6.35. The van der Waals surface area contributed by atoms with Crippen molar-refractivity contribution in [3.8, 4) is 0 Å². The second-order valence-corrected chi connectivity index (χ2v) is 5.13. The topological polar surface area (TPSA) is 54.0 Å². The first-order chi connectivity index (χ1) is 9.61. The molecule has 1 aromatic heterocycles. The van der Waals surface area contributed by atoms with Crippen LogP contribution in [0.25, 0.3) is 10.9 Å². The van der Waals surface area contributed by atoms with Crippen LogP contribution in [0, 0.1) is 0 Å². The number of amides is 1. The average Bonchev–Trinajstić information content (AvgIpc) is 2.46. The molecule has 1 atom stereocenters. The summed E-state index contributed by atoms with van der Waals surface area (Å²) in [5.74, 6) is -0.0293. The van der Waals surface area contributed by atoms with E-state index >= 15 is 0 Å². The lowest BCUT2D eigenvalue weighted by Crippen LogP contribution is -2.36. The molecule has 20 heavy (non-hydrogen) atoms. The van der Waals surface area contributed by atoms with Crippen molar-refractivity contribution in [2.24, 2.45) is 0 Å². The fraction of sp³-hybridized carbons (Fsp3) is 0.333.